The number of benzene rings is 1. The zero-order chi connectivity index (χ0) is 16.8. The molecular formula is C17H22F2N4. The first kappa shape index (κ1) is 17.1. The molecule has 1 N–H and O–H groups in total. The smallest absolute Gasteiger partial charge is 0.227 e. The molecule has 0 saturated heterocycles. The first-order chi connectivity index (χ1) is 11.0. The highest BCUT2D eigenvalue weighted by Crippen LogP contribution is 2.20. The van der Waals surface area contributed by atoms with Crippen LogP contribution >= 0.6 is 0 Å². The van der Waals surface area contributed by atoms with Gasteiger partial charge in [0.1, 0.15) is 5.82 Å². The molecule has 0 saturated carbocycles. The van der Waals surface area contributed by atoms with Crippen molar-refractivity contribution < 1.29 is 8.78 Å². The van der Waals surface area contributed by atoms with Crippen LogP contribution in [0.15, 0.2) is 24.3 Å². The second-order valence-corrected chi connectivity index (χ2v) is 5.44. The molecule has 2 aromatic rings. The monoisotopic (exact) mass is 320 g/mol. The van der Waals surface area contributed by atoms with E-state index in [1.54, 1.807) is 6.07 Å². The number of nitrogens with one attached hydrogen (secondary N) is 1. The Hall–Kier alpha value is -2.24. The van der Waals surface area contributed by atoms with Crippen molar-refractivity contribution in [2.24, 2.45) is 0 Å². The van der Waals surface area contributed by atoms with Crippen molar-refractivity contribution in [3.05, 3.63) is 41.6 Å². The average Bonchev–Trinajstić information content (AvgIpc) is 2.50. The van der Waals surface area contributed by atoms with Crippen molar-refractivity contribution in [1.29, 1.82) is 0 Å². The van der Waals surface area contributed by atoms with Gasteiger partial charge in [0, 0.05) is 36.6 Å². The largest absolute Gasteiger partial charge is 0.341 e. The predicted molar refractivity (Wildman–Crippen MR) is 89.2 cm³/mol. The van der Waals surface area contributed by atoms with Crippen molar-refractivity contribution in [1.82, 2.24) is 9.97 Å². The summed E-state index contributed by atoms with van der Waals surface area (Å²) < 4.78 is 26.3. The summed E-state index contributed by atoms with van der Waals surface area (Å²) in [5, 5.41) is 3.01. The predicted octanol–water partition coefficient (Wildman–Crippen LogP) is 4.43. The van der Waals surface area contributed by atoms with Gasteiger partial charge < -0.3 is 10.2 Å². The minimum absolute atomic E-state index is 0.450. The highest BCUT2D eigenvalue weighted by molar-refractivity contribution is 5.57. The topological polar surface area (TPSA) is 41.1 Å². The maximum atomic E-state index is 13.3. The summed E-state index contributed by atoms with van der Waals surface area (Å²) in [6, 6.07) is 5.46. The fourth-order valence-electron chi connectivity index (χ4n) is 2.33. The number of rotatable bonds is 7. The lowest BCUT2D eigenvalue weighted by Gasteiger charge is -2.22. The Morgan fingerprint density at radius 2 is 1.70 bits per heavy atom. The van der Waals surface area contributed by atoms with E-state index < -0.39 is 11.6 Å². The highest BCUT2D eigenvalue weighted by Gasteiger charge is 2.11. The number of hydrogen-bond acceptors (Lipinski definition) is 4. The zero-order valence-electron chi connectivity index (χ0n) is 13.7. The minimum Gasteiger partial charge on any atom is -0.341 e. The molecule has 0 aliphatic carbocycles. The molecule has 124 valence electrons. The van der Waals surface area contributed by atoms with Crippen LogP contribution in [0.1, 0.15) is 32.4 Å². The molecule has 1 aromatic carbocycles. The number of halogens is 2. The van der Waals surface area contributed by atoms with Crippen molar-refractivity contribution in [3.8, 4) is 0 Å². The first-order valence-corrected chi connectivity index (χ1v) is 7.86. The quantitative estimate of drug-likeness (QED) is 0.819. The van der Waals surface area contributed by atoms with Crippen molar-refractivity contribution in [3.63, 3.8) is 0 Å². The van der Waals surface area contributed by atoms with E-state index in [1.165, 1.54) is 6.07 Å². The van der Waals surface area contributed by atoms with Crippen LogP contribution in [-0.4, -0.2) is 23.1 Å². The van der Waals surface area contributed by atoms with Crippen LogP contribution in [0.2, 0.25) is 0 Å². The third-order valence-electron chi connectivity index (χ3n) is 3.30. The van der Waals surface area contributed by atoms with Gasteiger partial charge in [-0.05, 0) is 31.9 Å². The van der Waals surface area contributed by atoms with E-state index in [0.717, 1.165) is 43.8 Å². The number of hydrogen-bond donors (Lipinski definition) is 1. The van der Waals surface area contributed by atoms with Crippen LogP contribution in [0.25, 0.3) is 0 Å². The second kappa shape index (κ2) is 7.85. The first-order valence-electron chi connectivity index (χ1n) is 7.86. The molecule has 0 spiro atoms. The summed E-state index contributed by atoms with van der Waals surface area (Å²) in [5.74, 6) is -0.540. The molecule has 4 nitrogen and oxygen atoms in total. The highest BCUT2D eigenvalue weighted by atomic mass is 19.2. The van der Waals surface area contributed by atoms with Crippen molar-refractivity contribution in [2.75, 3.05) is 23.3 Å². The zero-order valence-corrected chi connectivity index (χ0v) is 13.7. The molecule has 0 fully saturated rings. The van der Waals surface area contributed by atoms with Gasteiger partial charge in [-0.25, -0.2) is 13.8 Å². The van der Waals surface area contributed by atoms with Gasteiger partial charge in [-0.1, -0.05) is 13.8 Å². The number of aromatic nitrogens is 2. The fourth-order valence-corrected chi connectivity index (χ4v) is 2.33. The van der Waals surface area contributed by atoms with E-state index in [9.17, 15) is 8.78 Å². The Kier molecular flexibility index (Phi) is 5.84. The summed E-state index contributed by atoms with van der Waals surface area (Å²) >= 11 is 0. The van der Waals surface area contributed by atoms with E-state index in [-0.39, 0.29) is 0 Å². The molecule has 0 aliphatic heterocycles. The Labute approximate surface area is 135 Å². The molecule has 0 atom stereocenters. The van der Waals surface area contributed by atoms with Crippen LogP contribution in [0.3, 0.4) is 0 Å². The van der Waals surface area contributed by atoms with E-state index in [1.807, 2.05) is 6.92 Å². The lowest BCUT2D eigenvalue weighted by molar-refractivity contribution is 0.509. The lowest BCUT2D eigenvalue weighted by Crippen LogP contribution is -2.27. The Bertz CT molecular complexity index is 655. The Morgan fingerprint density at radius 3 is 2.30 bits per heavy atom. The Balaban J connectivity index is 2.26. The third kappa shape index (κ3) is 4.61. The SMILES string of the molecule is CCCN(CCC)c1nc(C)cc(Nc2ccc(F)c(F)c2)n1. The van der Waals surface area contributed by atoms with Crippen molar-refractivity contribution in [2.45, 2.75) is 33.6 Å². The van der Waals surface area contributed by atoms with Gasteiger partial charge in [0.2, 0.25) is 5.95 Å². The molecule has 6 heteroatoms. The molecule has 0 aliphatic rings. The normalized spacial score (nSPS) is 10.7. The molecule has 1 heterocycles. The van der Waals surface area contributed by atoms with Crippen LogP contribution in [-0.2, 0) is 0 Å². The second-order valence-electron chi connectivity index (χ2n) is 5.44. The summed E-state index contributed by atoms with van der Waals surface area (Å²) in [4.78, 5) is 11.1. The molecule has 23 heavy (non-hydrogen) atoms. The fraction of sp³-hybridized carbons (Fsp3) is 0.412. The molecule has 0 unspecified atom stereocenters. The summed E-state index contributed by atoms with van der Waals surface area (Å²) in [7, 11) is 0. The third-order valence-corrected chi connectivity index (χ3v) is 3.30. The molecular weight excluding hydrogens is 298 g/mol. The average molecular weight is 320 g/mol. The van der Waals surface area contributed by atoms with E-state index in [4.69, 9.17) is 0 Å². The van der Waals surface area contributed by atoms with Gasteiger partial charge >= 0.3 is 0 Å². The van der Waals surface area contributed by atoms with Gasteiger partial charge in [0.05, 0.1) is 0 Å². The standard InChI is InChI=1S/C17H22F2N4/c1-4-8-23(9-5-2)17-20-12(3)10-16(22-17)21-13-6-7-14(18)15(19)11-13/h6-7,10-11H,4-5,8-9H2,1-3H3,(H,20,21,22). The van der Waals surface area contributed by atoms with E-state index in [0.29, 0.717) is 17.5 Å². The summed E-state index contributed by atoms with van der Waals surface area (Å²) in [6.07, 6.45) is 2.01. The minimum atomic E-state index is -0.889. The lowest BCUT2D eigenvalue weighted by atomic mass is 10.3. The number of anilines is 3. The van der Waals surface area contributed by atoms with Crippen molar-refractivity contribution >= 4 is 17.5 Å². The molecule has 1 aromatic heterocycles. The van der Waals surface area contributed by atoms with Gasteiger partial charge in [-0.15, -0.1) is 0 Å². The van der Waals surface area contributed by atoms with Gasteiger partial charge in [-0.2, -0.15) is 4.98 Å². The van der Waals surface area contributed by atoms with E-state index in [2.05, 4.69) is 34.0 Å². The summed E-state index contributed by atoms with van der Waals surface area (Å²) in [6.45, 7) is 7.86. The van der Waals surface area contributed by atoms with Crippen LogP contribution < -0.4 is 10.2 Å². The maximum Gasteiger partial charge on any atom is 0.227 e. The summed E-state index contributed by atoms with van der Waals surface area (Å²) in [5.41, 5.74) is 1.27. The number of aryl methyl sites for hydroxylation is 1. The molecule has 0 bridgehead atoms. The van der Waals surface area contributed by atoms with Crippen LogP contribution in [0.5, 0.6) is 0 Å². The maximum absolute atomic E-state index is 13.3. The van der Waals surface area contributed by atoms with Gasteiger partial charge in [0.25, 0.3) is 0 Å². The van der Waals surface area contributed by atoms with Gasteiger partial charge in [-0.3, -0.25) is 0 Å². The molecule has 0 radical (unpaired) electrons. The van der Waals surface area contributed by atoms with E-state index >= 15 is 0 Å². The molecule has 0 amide bonds. The van der Waals surface area contributed by atoms with Gasteiger partial charge in [0.15, 0.2) is 11.6 Å². The Morgan fingerprint density at radius 1 is 1.00 bits per heavy atom. The molecule has 2 rings (SSSR count). The van der Waals surface area contributed by atoms with Crippen LogP contribution in [0, 0.1) is 18.6 Å². The number of nitrogens with zero attached hydrogens (tertiary/aromatic N) is 3. The van der Waals surface area contributed by atoms with Crippen LogP contribution in [0.4, 0.5) is 26.2 Å².